The quantitative estimate of drug-likeness (QED) is 0.473. The van der Waals surface area contributed by atoms with Gasteiger partial charge in [0.15, 0.2) is 23.0 Å². The third-order valence-electron chi connectivity index (χ3n) is 7.63. The third kappa shape index (κ3) is 4.07. The first-order valence-electron chi connectivity index (χ1n) is 12.4. The lowest BCUT2D eigenvalue weighted by atomic mass is 9.65. The van der Waals surface area contributed by atoms with Crippen molar-refractivity contribution in [2.75, 3.05) is 34.7 Å². The zero-order chi connectivity index (χ0) is 27.3. The first kappa shape index (κ1) is 24.8. The number of esters is 1. The predicted octanol–water partition coefficient (Wildman–Crippen LogP) is 3.99. The minimum atomic E-state index is -0.626. The monoisotopic (exact) mass is 535 g/mol. The molecule has 1 amide bonds. The zero-order valence-electron chi connectivity index (χ0n) is 21.5. The van der Waals surface area contributed by atoms with Crippen LogP contribution in [0, 0.1) is 17.7 Å². The maximum atomic E-state index is 13.5. The van der Waals surface area contributed by atoms with Crippen LogP contribution in [0.2, 0.25) is 0 Å². The molecular formula is C29H26FNO8. The van der Waals surface area contributed by atoms with Gasteiger partial charge in [-0.1, -0.05) is 0 Å². The molecule has 0 aromatic heterocycles. The maximum Gasteiger partial charge on any atom is 0.310 e. The summed E-state index contributed by atoms with van der Waals surface area (Å²) in [6.45, 7) is 0.182. The summed E-state index contributed by atoms with van der Waals surface area (Å²) in [7, 11) is 4.58. The Bertz CT molecular complexity index is 1430. The predicted molar refractivity (Wildman–Crippen MR) is 135 cm³/mol. The molecule has 3 aromatic carbocycles. The molecule has 2 heterocycles. The summed E-state index contributed by atoms with van der Waals surface area (Å²) in [5.41, 5.74) is 2.60. The second kappa shape index (κ2) is 9.68. The van der Waals surface area contributed by atoms with Gasteiger partial charge in [0.05, 0.1) is 39.9 Å². The lowest BCUT2D eigenvalue weighted by Crippen LogP contribution is -2.42. The largest absolute Gasteiger partial charge is 0.493 e. The first-order chi connectivity index (χ1) is 18.9. The van der Waals surface area contributed by atoms with Gasteiger partial charge in [0, 0.05) is 17.4 Å². The van der Waals surface area contributed by atoms with E-state index in [1.807, 2.05) is 24.3 Å². The number of hydrogen-bond acceptors (Lipinski definition) is 8. The summed E-state index contributed by atoms with van der Waals surface area (Å²) >= 11 is 0. The highest BCUT2D eigenvalue weighted by atomic mass is 19.1. The Balaban J connectivity index is 1.51. The van der Waals surface area contributed by atoms with Gasteiger partial charge in [-0.05, 0) is 65.2 Å². The Hall–Kier alpha value is -4.47. The molecule has 1 aliphatic carbocycles. The Labute approximate surface area is 223 Å². The van der Waals surface area contributed by atoms with E-state index >= 15 is 0 Å². The van der Waals surface area contributed by atoms with E-state index in [4.69, 9.17) is 28.4 Å². The van der Waals surface area contributed by atoms with Crippen molar-refractivity contribution in [3.8, 4) is 28.7 Å². The Morgan fingerprint density at radius 2 is 1.54 bits per heavy atom. The number of nitrogens with one attached hydrogen (secondary N) is 1. The molecule has 4 atom stereocenters. The lowest BCUT2D eigenvalue weighted by molar-refractivity contribution is -0.141. The molecule has 9 nitrogen and oxygen atoms in total. The summed E-state index contributed by atoms with van der Waals surface area (Å²) < 4.78 is 47.1. The molecule has 0 spiro atoms. The Kier molecular flexibility index (Phi) is 6.17. The van der Waals surface area contributed by atoms with Gasteiger partial charge in [-0.15, -0.1) is 0 Å². The molecule has 10 heteroatoms. The second-order valence-corrected chi connectivity index (χ2v) is 9.55. The number of carbonyl (C=O) groups is 2. The van der Waals surface area contributed by atoms with Crippen LogP contribution in [-0.2, 0) is 9.53 Å². The maximum absolute atomic E-state index is 13.5. The number of amides is 1. The van der Waals surface area contributed by atoms with E-state index in [2.05, 4.69) is 5.32 Å². The van der Waals surface area contributed by atoms with Crippen molar-refractivity contribution in [1.82, 2.24) is 5.32 Å². The van der Waals surface area contributed by atoms with Crippen LogP contribution in [0.25, 0.3) is 0 Å². The molecule has 3 aromatic rings. The highest BCUT2D eigenvalue weighted by Gasteiger charge is 2.53. The van der Waals surface area contributed by atoms with Gasteiger partial charge < -0.3 is 33.7 Å². The summed E-state index contributed by atoms with van der Waals surface area (Å²) in [5.74, 6) is -0.281. The average Bonchev–Trinajstić information content (AvgIpc) is 3.57. The van der Waals surface area contributed by atoms with E-state index in [1.54, 1.807) is 0 Å². The molecule has 3 aliphatic rings. The van der Waals surface area contributed by atoms with Gasteiger partial charge in [-0.3, -0.25) is 9.59 Å². The van der Waals surface area contributed by atoms with Crippen molar-refractivity contribution in [3.05, 3.63) is 76.6 Å². The second-order valence-electron chi connectivity index (χ2n) is 9.55. The van der Waals surface area contributed by atoms with Crippen molar-refractivity contribution in [1.29, 1.82) is 0 Å². The normalized spacial score (nSPS) is 22.4. The van der Waals surface area contributed by atoms with E-state index in [-0.39, 0.29) is 25.3 Å². The molecule has 0 radical (unpaired) electrons. The lowest BCUT2D eigenvalue weighted by Gasteiger charge is -2.39. The number of cyclic esters (lactones) is 1. The van der Waals surface area contributed by atoms with Crippen LogP contribution in [0.4, 0.5) is 4.39 Å². The molecule has 1 N–H and O–H groups in total. The summed E-state index contributed by atoms with van der Waals surface area (Å²) in [6.07, 6.45) is 0. The van der Waals surface area contributed by atoms with Crippen LogP contribution in [0.1, 0.15) is 39.0 Å². The number of fused-ring (bicyclic) bond motifs is 3. The number of carbonyl (C=O) groups excluding carboxylic acids is 2. The SMILES string of the molecule is COc1cc([C@@H]2c3cc4c(cc3[C@@H](NC(=O)c3ccc(F)cc3)[C@H]3COC(=O)C23)OCO4)cc(OC)c1OC. The molecule has 39 heavy (non-hydrogen) atoms. The van der Waals surface area contributed by atoms with Gasteiger partial charge in [0.2, 0.25) is 12.5 Å². The first-order valence-corrected chi connectivity index (χ1v) is 12.4. The van der Waals surface area contributed by atoms with Crippen LogP contribution in [0.5, 0.6) is 28.7 Å². The molecule has 0 bridgehead atoms. The standard InChI is InChI=1S/C29H26FNO8/c1-34-22-8-15(9-23(35-2)27(22)36-3)24-17-10-20-21(39-13-38-20)11-18(17)26(19-12-37-29(33)25(19)24)31-28(32)14-4-6-16(30)7-5-14/h4-11,19,24-26H,12-13H2,1-3H3,(H,31,32)/t19-,24+,25?,26+/m0/s1. The number of ether oxygens (including phenoxy) is 6. The van der Waals surface area contributed by atoms with E-state index in [1.165, 1.54) is 45.6 Å². The van der Waals surface area contributed by atoms with Crippen LogP contribution in [0.15, 0.2) is 48.5 Å². The fourth-order valence-corrected chi connectivity index (χ4v) is 5.85. The number of methoxy groups -OCH3 is 3. The zero-order valence-corrected chi connectivity index (χ0v) is 21.5. The third-order valence-corrected chi connectivity index (χ3v) is 7.63. The molecule has 0 saturated carbocycles. The minimum absolute atomic E-state index is 0.0641. The van der Waals surface area contributed by atoms with Crippen LogP contribution < -0.4 is 29.0 Å². The smallest absolute Gasteiger partial charge is 0.310 e. The summed E-state index contributed by atoms with van der Waals surface area (Å²) in [5, 5.41) is 3.07. The summed E-state index contributed by atoms with van der Waals surface area (Å²) in [6, 6.07) is 12.0. The van der Waals surface area contributed by atoms with Gasteiger partial charge >= 0.3 is 5.97 Å². The Morgan fingerprint density at radius 3 is 2.15 bits per heavy atom. The number of rotatable bonds is 6. The van der Waals surface area contributed by atoms with Crippen molar-refractivity contribution < 1.29 is 42.4 Å². The molecule has 6 rings (SSSR count). The van der Waals surface area contributed by atoms with E-state index in [0.29, 0.717) is 34.3 Å². The van der Waals surface area contributed by atoms with Gasteiger partial charge in [0.25, 0.3) is 5.91 Å². The number of benzene rings is 3. The average molecular weight is 536 g/mol. The van der Waals surface area contributed by atoms with Crippen molar-refractivity contribution >= 4 is 11.9 Å². The fourth-order valence-electron chi connectivity index (χ4n) is 5.85. The molecular weight excluding hydrogens is 509 g/mol. The van der Waals surface area contributed by atoms with Crippen molar-refractivity contribution in [2.24, 2.45) is 11.8 Å². The molecule has 1 fully saturated rings. The number of halogens is 1. The summed E-state index contributed by atoms with van der Waals surface area (Å²) in [4.78, 5) is 26.6. The van der Waals surface area contributed by atoms with E-state index in [0.717, 1.165) is 16.7 Å². The van der Waals surface area contributed by atoms with Crippen LogP contribution in [0.3, 0.4) is 0 Å². The molecule has 1 unspecified atom stereocenters. The Morgan fingerprint density at radius 1 is 0.897 bits per heavy atom. The van der Waals surface area contributed by atoms with Gasteiger partial charge in [0.1, 0.15) is 5.82 Å². The number of hydrogen-bond donors (Lipinski definition) is 1. The van der Waals surface area contributed by atoms with Crippen LogP contribution in [-0.4, -0.2) is 46.6 Å². The van der Waals surface area contributed by atoms with Gasteiger partial charge in [-0.25, -0.2) is 4.39 Å². The minimum Gasteiger partial charge on any atom is -0.493 e. The molecule has 2 aliphatic heterocycles. The fraction of sp³-hybridized carbons (Fsp3) is 0.310. The van der Waals surface area contributed by atoms with E-state index < -0.39 is 29.6 Å². The van der Waals surface area contributed by atoms with Crippen molar-refractivity contribution in [3.63, 3.8) is 0 Å². The van der Waals surface area contributed by atoms with E-state index in [9.17, 15) is 14.0 Å². The van der Waals surface area contributed by atoms with Crippen molar-refractivity contribution in [2.45, 2.75) is 12.0 Å². The highest BCUT2D eigenvalue weighted by molar-refractivity contribution is 5.94. The molecule has 202 valence electrons. The highest BCUT2D eigenvalue weighted by Crippen LogP contribution is 2.55. The van der Waals surface area contributed by atoms with Gasteiger partial charge in [-0.2, -0.15) is 0 Å². The van der Waals surface area contributed by atoms with Crippen LogP contribution >= 0.6 is 0 Å². The molecule has 1 saturated heterocycles. The topological polar surface area (TPSA) is 102 Å².